The molecule has 0 saturated carbocycles. The fourth-order valence-corrected chi connectivity index (χ4v) is 2.99. The number of nitriles is 1. The van der Waals surface area contributed by atoms with Crippen molar-refractivity contribution >= 4 is 29.2 Å². The fourth-order valence-electron chi connectivity index (χ4n) is 2.99. The number of benzene rings is 2. The molecule has 0 bridgehead atoms. The number of rotatable bonds is 7. The summed E-state index contributed by atoms with van der Waals surface area (Å²) in [4.78, 5) is 16.5. The van der Waals surface area contributed by atoms with Crippen LogP contribution < -0.4 is 15.5 Å². The Hall–Kier alpha value is -3.92. The number of nitrogen functional groups attached to an aromatic ring is 1. The Kier molecular flexibility index (Phi) is 6.60. The van der Waals surface area contributed by atoms with E-state index >= 15 is 0 Å². The fraction of sp³-hybridized carbons (Fsp3) is 0.217. The van der Waals surface area contributed by atoms with Gasteiger partial charge in [-0.2, -0.15) is 20.2 Å². The minimum Gasteiger partial charge on any atom is -0.368 e. The van der Waals surface area contributed by atoms with Gasteiger partial charge in [0, 0.05) is 32.9 Å². The van der Waals surface area contributed by atoms with Gasteiger partial charge < -0.3 is 15.5 Å². The molecule has 3 aromatic rings. The molecule has 0 radical (unpaired) electrons. The molecule has 0 unspecified atom stereocenters. The summed E-state index contributed by atoms with van der Waals surface area (Å²) < 4.78 is 0. The van der Waals surface area contributed by atoms with Crippen LogP contribution in [0.2, 0.25) is 0 Å². The number of nitrogens with zero attached hydrogens (tertiary/aromatic N) is 6. The van der Waals surface area contributed by atoms with Crippen LogP contribution in [0.15, 0.2) is 54.6 Å². The Morgan fingerprint density at radius 1 is 1.03 bits per heavy atom. The summed E-state index contributed by atoms with van der Waals surface area (Å²) in [6, 6.07) is 20.6. The van der Waals surface area contributed by atoms with E-state index in [1.807, 2.05) is 32.3 Å². The van der Waals surface area contributed by atoms with Crippen LogP contribution in [0.5, 0.6) is 0 Å². The normalized spacial score (nSPS) is 11.1. The molecule has 0 amide bonds. The maximum atomic E-state index is 9.62. The van der Waals surface area contributed by atoms with Crippen molar-refractivity contribution in [2.24, 2.45) is 0 Å². The second-order valence-corrected chi connectivity index (χ2v) is 6.97. The number of hydrogen-bond acceptors (Lipinski definition) is 7. The zero-order valence-electron chi connectivity index (χ0n) is 17.4. The smallest absolute Gasteiger partial charge is 0.230 e. The minimum atomic E-state index is 0.0831. The van der Waals surface area contributed by atoms with E-state index in [0.717, 1.165) is 24.3 Å². The Morgan fingerprint density at radius 3 is 2.33 bits per heavy atom. The van der Waals surface area contributed by atoms with E-state index in [-0.39, 0.29) is 11.8 Å². The first kappa shape index (κ1) is 20.8. The summed E-state index contributed by atoms with van der Waals surface area (Å²) in [7, 11) is 3.62. The van der Waals surface area contributed by atoms with Crippen molar-refractivity contribution in [3.05, 3.63) is 71.5 Å². The van der Waals surface area contributed by atoms with E-state index in [2.05, 4.69) is 69.2 Å². The minimum absolute atomic E-state index is 0.0831. The van der Waals surface area contributed by atoms with Crippen molar-refractivity contribution in [2.45, 2.75) is 13.5 Å². The number of aromatic nitrogens is 3. The molecule has 0 aliphatic heterocycles. The molecule has 2 N–H and O–H groups in total. The standard InChI is InChI=1S/C23H25N7/c1-4-30(16-18-8-6-5-7-9-18)20-12-10-17(11-13-20)14-19(15-24)21-26-22(25)28-23(27-21)29(2)3/h5-14H,4,16H2,1-3H3,(H2,25,26,27,28)/b19-14+. The first-order chi connectivity index (χ1) is 14.5. The van der Waals surface area contributed by atoms with Crippen molar-refractivity contribution in [3.63, 3.8) is 0 Å². The van der Waals surface area contributed by atoms with E-state index in [9.17, 15) is 5.26 Å². The average molecular weight is 400 g/mol. The lowest BCUT2D eigenvalue weighted by atomic mass is 10.1. The molecule has 1 aromatic heterocycles. The molecule has 0 spiro atoms. The largest absolute Gasteiger partial charge is 0.368 e. The van der Waals surface area contributed by atoms with Gasteiger partial charge in [-0.05, 0) is 36.3 Å². The molecule has 0 atom stereocenters. The highest BCUT2D eigenvalue weighted by molar-refractivity contribution is 5.87. The van der Waals surface area contributed by atoms with Gasteiger partial charge in [-0.15, -0.1) is 0 Å². The summed E-state index contributed by atoms with van der Waals surface area (Å²) in [5.41, 5.74) is 9.38. The SMILES string of the molecule is CCN(Cc1ccccc1)c1ccc(/C=C(\C#N)c2nc(N)nc(N(C)C)n2)cc1. The van der Waals surface area contributed by atoms with E-state index in [1.165, 1.54) is 5.56 Å². The van der Waals surface area contributed by atoms with E-state index in [0.29, 0.717) is 11.5 Å². The maximum absolute atomic E-state index is 9.62. The van der Waals surface area contributed by atoms with Crippen molar-refractivity contribution in [1.82, 2.24) is 15.0 Å². The van der Waals surface area contributed by atoms with Crippen molar-refractivity contribution in [1.29, 1.82) is 5.26 Å². The van der Waals surface area contributed by atoms with Gasteiger partial charge in [0.2, 0.25) is 11.9 Å². The highest BCUT2D eigenvalue weighted by Gasteiger charge is 2.11. The van der Waals surface area contributed by atoms with E-state index < -0.39 is 0 Å². The predicted molar refractivity (Wildman–Crippen MR) is 122 cm³/mol. The quantitative estimate of drug-likeness (QED) is 0.606. The van der Waals surface area contributed by atoms with Gasteiger partial charge in [-0.3, -0.25) is 0 Å². The van der Waals surface area contributed by atoms with Gasteiger partial charge >= 0.3 is 0 Å². The van der Waals surface area contributed by atoms with Crippen LogP contribution in [0.1, 0.15) is 23.9 Å². The third-order valence-corrected chi connectivity index (χ3v) is 4.57. The molecular weight excluding hydrogens is 374 g/mol. The number of nitrogens with two attached hydrogens (primary N) is 1. The maximum Gasteiger partial charge on any atom is 0.230 e. The number of hydrogen-bond donors (Lipinski definition) is 1. The predicted octanol–water partition coefficient (Wildman–Crippen LogP) is 3.61. The van der Waals surface area contributed by atoms with E-state index in [4.69, 9.17) is 5.73 Å². The lowest BCUT2D eigenvalue weighted by Crippen LogP contribution is -2.21. The van der Waals surface area contributed by atoms with Gasteiger partial charge in [0.1, 0.15) is 6.07 Å². The van der Waals surface area contributed by atoms with Gasteiger partial charge in [0.05, 0.1) is 5.57 Å². The molecular formula is C23H25N7. The molecule has 30 heavy (non-hydrogen) atoms. The van der Waals surface area contributed by atoms with Crippen LogP contribution in [0.4, 0.5) is 17.6 Å². The van der Waals surface area contributed by atoms with Gasteiger partial charge in [0.25, 0.3) is 0 Å². The molecule has 0 aliphatic rings. The van der Waals surface area contributed by atoms with Crippen molar-refractivity contribution in [3.8, 4) is 6.07 Å². The number of allylic oxidation sites excluding steroid dienone is 1. The Bertz CT molecular complexity index is 1050. The molecule has 0 aliphatic carbocycles. The summed E-state index contributed by atoms with van der Waals surface area (Å²) in [6.07, 6.45) is 1.76. The molecule has 7 nitrogen and oxygen atoms in total. The van der Waals surface area contributed by atoms with Gasteiger partial charge in [-0.1, -0.05) is 42.5 Å². The molecule has 0 saturated heterocycles. The lowest BCUT2D eigenvalue weighted by molar-refractivity contribution is 0.832. The molecule has 152 valence electrons. The monoisotopic (exact) mass is 399 g/mol. The second kappa shape index (κ2) is 9.52. The topological polar surface area (TPSA) is 95.0 Å². The Morgan fingerprint density at radius 2 is 1.73 bits per heavy atom. The summed E-state index contributed by atoms with van der Waals surface area (Å²) in [5.74, 6) is 0.755. The van der Waals surface area contributed by atoms with Crippen molar-refractivity contribution < 1.29 is 0 Å². The Labute approximate surface area is 177 Å². The zero-order valence-corrected chi connectivity index (χ0v) is 17.4. The van der Waals surface area contributed by atoms with Crippen LogP contribution in [-0.4, -0.2) is 35.6 Å². The summed E-state index contributed by atoms with van der Waals surface area (Å²) >= 11 is 0. The first-order valence-corrected chi connectivity index (χ1v) is 9.70. The van der Waals surface area contributed by atoms with E-state index in [1.54, 1.807) is 11.0 Å². The molecule has 0 fully saturated rings. The second-order valence-electron chi connectivity index (χ2n) is 6.97. The van der Waals surface area contributed by atoms with Gasteiger partial charge in [0.15, 0.2) is 5.82 Å². The lowest BCUT2D eigenvalue weighted by Gasteiger charge is -2.23. The van der Waals surface area contributed by atoms with Crippen LogP contribution in [-0.2, 0) is 6.54 Å². The third-order valence-electron chi connectivity index (χ3n) is 4.57. The highest BCUT2D eigenvalue weighted by atomic mass is 15.3. The van der Waals surface area contributed by atoms with Crippen LogP contribution in [0.25, 0.3) is 11.6 Å². The molecule has 7 heteroatoms. The molecule has 3 rings (SSSR count). The third kappa shape index (κ3) is 5.11. The van der Waals surface area contributed by atoms with Crippen LogP contribution in [0.3, 0.4) is 0 Å². The summed E-state index contributed by atoms with van der Waals surface area (Å²) in [5, 5.41) is 9.62. The number of anilines is 3. The van der Waals surface area contributed by atoms with Crippen molar-refractivity contribution in [2.75, 3.05) is 36.2 Å². The first-order valence-electron chi connectivity index (χ1n) is 9.70. The zero-order chi connectivity index (χ0) is 21.5. The highest BCUT2D eigenvalue weighted by Crippen LogP contribution is 2.21. The molecule has 1 heterocycles. The average Bonchev–Trinajstić information content (AvgIpc) is 2.76. The Balaban J connectivity index is 1.84. The summed E-state index contributed by atoms with van der Waals surface area (Å²) in [6.45, 7) is 3.87. The van der Waals surface area contributed by atoms with Crippen LogP contribution >= 0.6 is 0 Å². The molecule has 2 aromatic carbocycles. The van der Waals surface area contributed by atoms with Crippen LogP contribution in [0, 0.1) is 11.3 Å². The van der Waals surface area contributed by atoms with Gasteiger partial charge in [-0.25, -0.2) is 0 Å².